The van der Waals surface area contributed by atoms with Crippen LogP contribution in [0.15, 0.2) is 48.9 Å². The van der Waals surface area contributed by atoms with Crippen LogP contribution in [0.3, 0.4) is 0 Å². The Kier molecular flexibility index (Phi) is 3.44. The Morgan fingerprint density at radius 2 is 1.85 bits per heavy atom. The van der Waals surface area contributed by atoms with E-state index in [1.165, 1.54) is 12.1 Å². The molecule has 1 aromatic carbocycles. The molecule has 1 fully saturated rings. The van der Waals surface area contributed by atoms with Crippen LogP contribution >= 0.6 is 0 Å². The Bertz CT molecular complexity index is 1070. The van der Waals surface area contributed by atoms with E-state index in [1.807, 2.05) is 18.3 Å². The molecule has 0 atom stereocenters. The molecule has 0 spiro atoms. The SMILES string of the molecule is Fc1ccc2[nH]c3c(N4CCN(c5cccc[nH+]5)CC4)ncnc3c2c1. The molecule has 0 saturated carbocycles. The molecule has 0 unspecified atom stereocenters. The monoisotopic (exact) mass is 349 g/mol. The van der Waals surface area contributed by atoms with E-state index in [0.29, 0.717) is 0 Å². The van der Waals surface area contributed by atoms with Crippen LogP contribution < -0.4 is 14.8 Å². The minimum Gasteiger partial charge on any atom is -0.350 e. The van der Waals surface area contributed by atoms with Gasteiger partial charge >= 0.3 is 0 Å². The highest BCUT2D eigenvalue weighted by Gasteiger charge is 2.25. The number of benzene rings is 1. The lowest BCUT2D eigenvalue weighted by atomic mass is 10.2. The van der Waals surface area contributed by atoms with E-state index in [4.69, 9.17) is 0 Å². The van der Waals surface area contributed by atoms with Gasteiger partial charge in [0.2, 0.25) is 0 Å². The molecule has 1 aliphatic rings. The van der Waals surface area contributed by atoms with E-state index < -0.39 is 0 Å². The average Bonchev–Trinajstić information content (AvgIpc) is 3.07. The van der Waals surface area contributed by atoms with Gasteiger partial charge in [-0.1, -0.05) is 6.07 Å². The summed E-state index contributed by atoms with van der Waals surface area (Å²) < 4.78 is 13.6. The minimum absolute atomic E-state index is 0.258. The van der Waals surface area contributed by atoms with Gasteiger partial charge in [-0.05, 0) is 24.3 Å². The van der Waals surface area contributed by atoms with Crippen molar-refractivity contribution >= 4 is 33.6 Å². The number of hydrogen-bond acceptors (Lipinski definition) is 4. The molecular weight excluding hydrogens is 331 g/mol. The van der Waals surface area contributed by atoms with Crippen molar-refractivity contribution in [3.05, 3.63) is 54.7 Å². The van der Waals surface area contributed by atoms with Gasteiger partial charge in [-0.3, -0.25) is 4.90 Å². The predicted molar refractivity (Wildman–Crippen MR) is 98.8 cm³/mol. The van der Waals surface area contributed by atoms with Gasteiger partial charge in [-0.15, -0.1) is 0 Å². The summed E-state index contributed by atoms with van der Waals surface area (Å²) >= 11 is 0. The summed E-state index contributed by atoms with van der Waals surface area (Å²) in [5, 5.41) is 0.793. The molecule has 130 valence electrons. The number of nitrogens with zero attached hydrogens (tertiary/aromatic N) is 4. The van der Waals surface area contributed by atoms with Crippen molar-refractivity contribution in [1.29, 1.82) is 0 Å². The first-order valence-electron chi connectivity index (χ1n) is 8.68. The second kappa shape index (κ2) is 5.94. The van der Waals surface area contributed by atoms with Crippen molar-refractivity contribution < 1.29 is 9.37 Å². The van der Waals surface area contributed by atoms with E-state index >= 15 is 0 Å². The van der Waals surface area contributed by atoms with Gasteiger partial charge in [-0.2, -0.15) is 0 Å². The number of halogens is 1. The number of hydrogen-bond donors (Lipinski definition) is 1. The third-order valence-corrected chi connectivity index (χ3v) is 4.94. The molecule has 0 amide bonds. The summed E-state index contributed by atoms with van der Waals surface area (Å²) in [6.45, 7) is 3.53. The number of H-pyrrole nitrogens is 2. The van der Waals surface area contributed by atoms with Gasteiger partial charge in [0.25, 0.3) is 5.82 Å². The number of aromatic nitrogens is 4. The number of fused-ring (bicyclic) bond motifs is 3. The van der Waals surface area contributed by atoms with Gasteiger partial charge in [0.15, 0.2) is 5.82 Å². The van der Waals surface area contributed by atoms with Crippen molar-refractivity contribution in [2.45, 2.75) is 0 Å². The zero-order valence-corrected chi connectivity index (χ0v) is 14.1. The van der Waals surface area contributed by atoms with E-state index in [9.17, 15) is 4.39 Å². The maximum atomic E-state index is 13.6. The Morgan fingerprint density at radius 3 is 2.65 bits per heavy atom. The third kappa shape index (κ3) is 2.44. The van der Waals surface area contributed by atoms with Gasteiger partial charge in [0, 0.05) is 17.0 Å². The van der Waals surface area contributed by atoms with E-state index in [1.54, 1.807) is 12.4 Å². The molecule has 5 rings (SSSR count). The van der Waals surface area contributed by atoms with Crippen molar-refractivity contribution in [3.63, 3.8) is 0 Å². The standard InChI is InChI=1S/C19H17FN6/c20-13-4-5-15-14(11-13)17-18(24-15)19(23-12-22-17)26-9-7-25(8-10-26)16-3-1-2-6-21-16/h1-6,11-12,24H,7-10H2/p+1. The summed E-state index contributed by atoms with van der Waals surface area (Å²) in [6, 6.07) is 10.8. The second-order valence-electron chi connectivity index (χ2n) is 6.46. The highest BCUT2D eigenvalue weighted by molar-refractivity contribution is 6.08. The summed E-state index contributed by atoms with van der Waals surface area (Å²) in [5.41, 5.74) is 2.51. The number of pyridine rings is 1. The van der Waals surface area contributed by atoms with Crippen LogP contribution in [-0.2, 0) is 0 Å². The third-order valence-electron chi connectivity index (χ3n) is 4.94. The molecular formula is C19H18FN6+. The first-order chi connectivity index (χ1) is 12.8. The van der Waals surface area contributed by atoms with Crippen molar-refractivity contribution in [2.75, 3.05) is 36.0 Å². The molecule has 0 radical (unpaired) electrons. The smallest absolute Gasteiger partial charge is 0.274 e. The lowest BCUT2D eigenvalue weighted by molar-refractivity contribution is -0.364. The number of nitrogens with one attached hydrogen (secondary N) is 2. The Hall–Kier alpha value is -3.22. The van der Waals surface area contributed by atoms with Gasteiger partial charge in [0.05, 0.1) is 19.3 Å². The zero-order chi connectivity index (χ0) is 17.5. The maximum Gasteiger partial charge on any atom is 0.274 e. The lowest BCUT2D eigenvalue weighted by Crippen LogP contribution is -2.48. The number of piperazine rings is 1. The van der Waals surface area contributed by atoms with E-state index in [-0.39, 0.29) is 5.82 Å². The first kappa shape index (κ1) is 15.1. The molecule has 2 N–H and O–H groups in total. The molecule has 6 nitrogen and oxygen atoms in total. The Balaban J connectivity index is 1.47. The quantitative estimate of drug-likeness (QED) is 0.604. The molecule has 1 saturated heterocycles. The van der Waals surface area contributed by atoms with Crippen LogP contribution in [0, 0.1) is 5.82 Å². The topological polar surface area (TPSA) is 62.2 Å². The Morgan fingerprint density at radius 1 is 1.00 bits per heavy atom. The van der Waals surface area contributed by atoms with Gasteiger partial charge in [0.1, 0.15) is 36.3 Å². The summed E-state index contributed by atoms with van der Waals surface area (Å²) in [7, 11) is 0. The summed E-state index contributed by atoms with van der Waals surface area (Å²) in [6.07, 6.45) is 3.51. The molecule has 7 heteroatoms. The molecule has 26 heavy (non-hydrogen) atoms. The molecule has 1 aliphatic heterocycles. The maximum absolute atomic E-state index is 13.6. The van der Waals surface area contributed by atoms with Crippen molar-refractivity contribution in [1.82, 2.24) is 15.0 Å². The molecule has 0 bridgehead atoms. The summed E-state index contributed by atoms with van der Waals surface area (Å²) in [4.78, 5) is 20.1. The lowest BCUT2D eigenvalue weighted by Gasteiger charge is -2.31. The van der Waals surface area contributed by atoms with Crippen LogP contribution in [0.1, 0.15) is 0 Å². The van der Waals surface area contributed by atoms with Crippen LogP contribution in [0.25, 0.3) is 21.9 Å². The highest BCUT2D eigenvalue weighted by Crippen LogP contribution is 2.30. The van der Waals surface area contributed by atoms with E-state index in [2.05, 4.69) is 35.8 Å². The summed E-state index contributed by atoms with van der Waals surface area (Å²) in [5.74, 6) is 1.75. The number of aromatic amines is 2. The zero-order valence-electron chi connectivity index (χ0n) is 14.1. The largest absolute Gasteiger partial charge is 0.350 e. The van der Waals surface area contributed by atoms with Crippen LogP contribution in [0.4, 0.5) is 16.0 Å². The van der Waals surface area contributed by atoms with Crippen LogP contribution in [0.2, 0.25) is 0 Å². The van der Waals surface area contributed by atoms with Gasteiger partial charge < -0.3 is 9.88 Å². The second-order valence-corrected chi connectivity index (χ2v) is 6.46. The minimum atomic E-state index is -0.258. The molecule has 0 aliphatic carbocycles. The fourth-order valence-corrected chi connectivity index (χ4v) is 3.63. The fraction of sp³-hybridized carbons (Fsp3) is 0.211. The van der Waals surface area contributed by atoms with Gasteiger partial charge in [-0.25, -0.2) is 19.3 Å². The number of rotatable bonds is 2. The molecule has 4 aromatic rings. The predicted octanol–water partition coefficient (Wildman–Crippen LogP) is 2.39. The normalized spacial score (nSPS) is 15.1. The fourth-order valence-electron chi connectivity index (χ4n) is 3.63. The van der Waals surface area contributed by atoms with E-state index in [0.717, 1.165) is 59.8 Å². The van der Waals surface area contributed by atoms with Crippen LogP contribution in [-0.4, -0.2) is 41.1 Å². The molecule has 3 aromatic heterocycles. The van der Waals surface area contributed by atoms with Crippen molar-refractivity contribution in [2.24, 2.45) is 0 Å². The first-order valence-corrected chi connectivity index (χ1v) is 8.68. The average molecular weight is 349 g/mol. The van der Waals surface area contributed by atoms with Crippen LogP contribution in [0.5, 0.6) is 0 Å². The van der Waals surface area contributed by atoms with Crippen molar-refractivity contribution in [3.8, 4) is 0 Å². The number of anilines is 2. The highest BCUT2D eigenvalue weighted by atomic mass is 19.1. The Labute approximate surface area is 149 Å². The molecule has 4 heterocycles.